The predicted molar refractivity (Wildman–Crippen MR) is 108 cm³/mol. The molecule has 0 unspecified atom stereocenters. The molecule has 0 aliphatic heterocycles. The van der Waals surface area contributed by atoms with Crippen molar-refractivity contribution in [2.45, 2.75) is 31.7 Å². The molecule has 1 aliphatic rings. The van der Waals surface area contributed by atoms with E-state index in [1.54, 1.807) is 7.05 Å². The van der Waals surface area contributed by atoms with Gasteiger partial charge in [0.15, 0.2) is 5.65 Å². The third kappa shape index (κ3) is 2.52. The molecule has 1 saturated carbocycles. The van der Waals surface area contributed by atoms with E-state index in [1.807, 2.05) is 28.9 Å². The van der Waals surface area contributed by atoms with Crippen LogP contribution in [-0.2, 0) is 0 Å². The molecular formula is C20H21N7O. The van der Waals surface area contributed by atoms with Crippen molar-refractivity contribution in [2.75, 3.05) is 12.8 Å². The van der Waals surface area contributed by atoms with Gasteiger partial charge in [0.1, 0.15) is 17.8 Å². The van der Waals surface area contributed by atoms with E-state index in [0.717, 1.165) is 46.2 Å². The molecule has 28 heavy (non-hydrogen) atoms. The summed E-state index contributed by atoms with van der Waals surface area (Å²) in [6.45, 7) is 0. The number of fused-ring (bicyclic) bond motifs is 2. The van der Waals surface area contributed by atoms with Gasteiger partial charge < -0.3 is 16.0 Å². The first-order chi connectivity index (χ1) is 13.7. The first-order valence-electron chi connectivity index (χ1n) is 9.49. The number of carbonyl (C=O) groups excluding carboxylic acids is 1. The van der Waals surface area contributed by atoms with Crippen molar-refractivity contribution >= 4 is 33.7 Å². The molecule has 0 radical (unpaired) electrons. The van der Waals surface area contributed by atoms with E-state index in [2.05, 4.69) is 20.3 Å². The Kier molecular flexibility index (Phi) is 3.78. The highest BCUT2D eigenvalue weighted by atomic mass is 16.1. The largest absolute Gasteiger partial charge is 0.383 e. The zero-order valence-electron chi connectivity index (χ0n) is 15.6. The van der Waals surface area contributed by atoms with Crippen LogP contribution >= 0.6 is 0 Å². The molecule has 1 aromatic carbocycles. The Balaban J connectivity index is 1.69. The van der Waals surface area contributed by atoms with Gasteiger partial charge in [-0.3, -0.25) is 4.79 Å². The van der Waals surface area contributed by atoms with E-state index in [1.165, 1.54) is 19.2 Å². The number of rotatable bonds is 3. The summed E-state index contributed by atoms with van der Waals surface area (Å²) in [5.74, 6) is 0.306. The summed E-state index contributed by atoms with van der Waals surface area (Å²) in [6.07, 6.45) is 6.10. The highest BCUT2D eigenvalue weighted by Gasteiger charge is 2.25. The van der Waals surface area contributed by atoms with Crippen LogP contribution in [0.4, 0.5) is 5.82 Å². The lowest BCUT2D eigenvalue weighted by molar-refractivity contribution is 0.0963. The van der Waals surface area contributed by atoms with Crippen LogP contribution in [0, 0.1) is 0 Å². The second-order valence-electron chi connectivity index (χ2n) is 7.25. The number of nitrogen functional groups attached to an aromatic ring is 1. The first-order valence-corrected chi connectivity index (χ1v) is 9.49. The summed E-state index contributed by atoms with van der Waals surface area (Å²) in [5, 5.41) is 9.32. The molecular weight excluding hydrogens is 354 g/mol. The molecule has 142 valence electrons. The number of nitrogens with zero attached hydrogens (tertiary/aromatic N) is 4. The molecule has 3 heterocycles. The number of hydrogen-bond donors (Lipinski definition) is 3. The average molecular weight is 375 g/mol. The Morgan fingerprint density at radius 2 is 2.07 bits per heavy atom. The van der Waals surface area contributed by atoms with Crippen LogP contribution in [-0.4, -0.2) is 37.7 Å². The number of nitrogens with two attached hydrogens (primary N) is 1. The van der Waals surface area contributed by atoms with Crippen molar-refractivity contribution in [1.82, 2.24) is 30.0 Å². The lowest BCUT2D eigenvalue weighted by Crippen LogP contribution is -2.17. The van der Waals surface area contributed by atoms with Crippen LogP contribution in [0.5, 0.6) is 0 Å². The normalized spacial score (nSPS) is 14.9. The van der Waals surface area contributed by atoms with Crippen molar-refractivity contribution in [2.24, 2.45) is 0 Å². The molecule has 1 aliphatic carbocycles. The molecule has 5 rings (SSSR count). The number of hydrogen-bond acceptors (Lipinski definition) is 5. The summed E-state index contributed by atoms with van der Waals surface area (Å²) < 4.78 is 2.01. The smallest absolute Gasteiger partial charge is 0.251 e. The second-order valence-corrected chi connectivity index (χ2v) is 7.25. The molecule has 1 fully saturated rings. The lowest BCUT2D eigenvalue weighted by atomic mass is 10.1. The molecule has 8 heteroatoms. The van der Waals surface area contributed by atoms with Crippen molar-refractivity contribution in [3.63, 3.8) is 0 Å². The summed E-state index contributed by atoms with van der Waals surface area (Å²) >= 11 is 0. The zero-order chi connectivity index (χ0) is 19.3. The SMILES string of the molecule is CNC(=O)c1ccc2cc(-c3nn(C4CCCC4)c4ncnc(N)c34)[nH]c2c1. The summed E-state index contributed by atoms with van der Waals surface area (Å²) in [6, 6.07) is 7.94. The van der Waals surface area contributed by atoms with Gasteiger partial charge in [0.05, 0.1) is 17.1 Å². The molecule has 0 saturated heterocycles. The molecule has 0 spiro atoms. The van der Waals surface area contributed by atoms with E-state index in [9.17, 15) is 4.79 Å². The number of carbonyl (C=O) groups is 1. The number of benzene rings is 1. The third-order valence-electron chi connectivity index (χ3n) is 5.56. The molecule has 0 atom stereocenters. The van der Waals surface area contributed by atoms with Crippen LogP contribution in [0.1, 0.15) is 42.1 Å². The number of anilines is 1. The predicted octanol–water partition coefficient (Wildman–Crippen LogP) is 3.03. The fourth-order valence-electron chi connectivity index (χ4n) is 4.13. The number of H-pyrrole nitrogens is 1. The maximum Gasteiger partial charge on any atom is 0.251 e. The van der Waals surface area contributed by atoms with Crippen molar-refractivity contribution in [3.8, 4) is 11.4 Å². The highest BCUT2D eigenvalue weighted by molar-refractivity contribution is 6.02. The van der Waals surface area contributed by atoms with Crippen molar-refractivity contribution < 1.29 is 4.79 Å². The van der Waals surface area contributed by atoms with Gasteiger partial charge >= 0.3 is 0 Å². The number of nitrogens with one attached hydrogen (secondary N) is 2. The first kappa shape index (κ1) is 16.7. The van der Waals surface area contributed by atoms with Crippen LogP contribution in [0.15, 0.2) is 30.6 Å². The lowest BCUT2D eigenvalue weighted by Gasteiger charge is -2.09. The maximum atomic E-state index is 11.9. The Labute approximate surface area is 161 Å². The fraction of sp³-hybridized carbons (Fsp3) is 0.300. The molecule has 8 nitrogen and oxygen atoms in total. The molecule has 3 aromatic heterocycles. The Hall–Kier alpha value is -3.42. The van der Waals surface area contributed by atoms with Crippen molar-refractivity contribution in [3.05, 3.63) is 36.2 Å². The Morgan fingerprint density at radius 1 is 1.25 bits per heavy atom. The Morgan fingerprint density at radius 3 is 2.86 bits per heavy atom. The fourth-order valence-corrected chi connectivity index (χ4v) is 4.13. The van der Waals surface area contributed by atoms with E-state index in [0.29, 0.717) is 17.4 Å². The Bertz CT molecular complexity index is 1200. The molecule has 4 aromatic rings. The van der Waals surface area contributed by atoms with Gasteiger partial charge in [-0.25, -0.2) is 14.6 Å². The number of aromatic amines is 1. The minimum atomic E-state index is -0.119. The standard InChI is InChI=1S/C20H21N7O/c1-22-20(28)12-7-6-11-8-15(25-14(11)9-12)17-16-18(21)23-10-24-19(16)27(26-17)13-4-2-3-5-13/h6-10,13,25H,2-5H2,1H3,(H,22,28)(H2,21,23,24). The van der Waals surface area contributed by atoms with E-state index >= 15 is 0 Å². The minimum Gasteiger partial charge on any atom is -0.383 e. The minimum absolute atomic E-state index is 0.119. The molecule has 0 bridgehead atoms. The van der Waals surface area contributed by atoms with Crippen LogP contribution in [0.2, 0.25) is 0 Å². The van der Waals surface area contributed by atoms with Gasteiger partial charge in [-0.1, -0.05) is 18.9 Å². The summed E-state index contributed by atoms with van der Waals surface area (Å²) in [7, 11) is 1.62. The number of amides is 1. The van der Waals surface area contributed by atoms with Gasteiger partial charge in [0.2, 0.25) is 0 Å². The van der Waals surface area contributed by atoms with Gasteiger partial charge in [-0.15, -0.1) is 0 Å². The molecule has 1 amide bonds. The average Bonchev–Trinajstić information content (AvgIpc) is 3.44. The van der Waals surface area contributed by atoms with Gasteiger partial charge in [0, 0.05) is 23.5 Å². The van der Waals surface area contributed by atoms with Gasteiger partial charge in [-0.2, -0.15) is 5.10 Å². The second kappa shape index (κ2) is 6.33. The third-order valence-corrected chi connectivity index (χ3v) is 5.56. The van der Waals surface area contributed by atoms with Crippen LogP contribution < -0.4 is 11.1 Å². The van der Waals surface area contributed by atoms with Gasteiger partial charge in [-0.05, 0) is 31.0 Å². The topological polar surface area (TPSA) is 115 Å². The van der Waals surface area contributed by atoms with E-state index in [4.69, 9.17) is 10.8 Å². The summed E-state index contributed by atoms with van der Waals surface area (Å²) in [5.41, 5.74) is 10.1. The van der Waals surface area contributed by atoms with Gasteiger partial charge in [0.25, 0.3) is 5.91 Å². The van der Waals surface area contributed by atoms with E-state index in [-0.39, 0.29) is 5.91 Å². The molecule has 4 N–H and O–H groups in total. The van der Waals surface area contributed by atoms with Crippen LogP contribution in [0.25, 0.3) is 33.3 Å². The van der Waals surface area contributed by atoms with Crippen LogP contribution in [0.3, 0.4) is 0 Å². The number of aromatic nitrogens is 5. The monoisotopic (exact) mass is 375 g/mol. The maximum absolute atomic E-state index is 11.9. The van der Waals surface area contributed by atoms with Crippen molar-refractivity contribution in [1.29, 1.82) is 0 Å². The highest BCUT2D eigenvalue weighted by Crippen LogP contribution is 2.37. The zero-order valence-corrected chi connectivity index (χ0v) is 15.6. The van der Waals surface area contributed by atoms with E-state index < -0.39 is 0 Å². The summed E-state index contributed by atoms with van der Waals surface area (Å²) in [4.78, 5) is 24.0. The quantitative estimate of drug-likeness (QED) is 0.509.